The van der Waals surface area contributed by atoms with Gasteiger partial charge in [-0.3, -0.25) is 0 Å². The number of ether oxygens (including phenoxy) is 1. The van der Waals surface area contributed by atoms with Crippen molar-refractivity contribution in [2.75, 3.05) is 33.3 Å². The molecule has 1 atom stereocenters. The number of benzene rings is 2. The predicted octanol–water partition coefficient (Wildman–Crippen LogP) is 5.13. The van der Waals surface area contributed by atoms with Crippen LogP contribution in [0.5, 0.6) is 0 Å². The van der Waals surface area contributed by atoms with E-state index >= 15 is 0 Å². The molecule has 1 heterocycles. The number of carbonyl (C=O) groups is 2. The minimum atomic E-state index is -0.635. The van der Waals surface area contributed by atoms with Gasteiger partial charge in [-0.25, -0.2) is 9.59 Å². The van der Waals surface area contributed by atoms with Gasteiger partial charge in [-0.15, -0.1) is 0 Å². The Kier molecular flexibility index (Phi) is 11.3. The second-order valence-electron chi connectivity index (χ2n) is 10.4. The lowest BCUT2D eigenvalue weighted by atomic mass is 9.90. The standard InChI is InChI=1S/C30H43N3O3/c1-24(2)21-28(29(34)36-3)31-30(35)33(23-27-13-8-5-9-14-27)18-10-17-32-19-15-26(16-20-32)22-25-11-6-4-7-12-25/h4-9,11-14,24,26,28H,10,15-23H2,1-3H3,(H,31,35)/t28-/m0/s1. The van der Waals surface area contributed by atoms with E-state index in [9.17, 15) is 9.59 Å². The topological polar surface area (TPSA) is 61.9 Å². The largest absolute Gasteiger partial charge is 0.467 e. The third-order valence-electron chi connectivity index (χ3n) is 6.97. The second-order valence-corrected chi connectivity index (χ2v) is 10.4. The lowest BCUT2D eigenvalue weighted by Gasteiger charge is -2.33. The summed E-state index contributed by atoms with van der Waals surface area (Å²) < 4.78 is 4.94. The molecule has 196 valence electrons. The molecule has 1 aliphatic rings. The maximum atomic E-state index is 13.3. The number of nitrogens with one attached hydrogen (secondary N) is 1. The highest BCUT2D eigenvalue weighted by Crippen LogP contribution is 2.22. The Morgan fingerprint density at radius 3 is 2.19 bits per heavy atom. The van der Waals surface area contributed by atoms with Crippen LogP contribution in [-0.2, 0) is 22.5 Å². The summed E-state index contributed by atoms with van der Waals surface area (Å²) in [5.74, 6) is 0.622. The summed E-state index contributed by atoms with van der Waals surface area (Å²) in [7, 11) is 1.37. The number of likely N-dealkylation sites (tertiary alicyclic amines) is 1. The molecule has 1 fully saturated rings. The van der Waals surface area contributed by atoms with Crippen LogP contribution in [0.25, 0.3) is 0 Å². The van der Waals surface area contributed by atoms with Crippen molar-refractivity contribution in [1.82, 2.24) is 15.1 Å². The minimum Gasteiger partial charge on any atom is -0.467 e. The van der Waals surface area contributed by atoms with Crippen LogP contribution in [0.4, 0.5) is 4.79 Å². The highest BCUT2D eigenvalue weighted by atomic mass is 16.5. The van der Waals surface area contributed by atoms with Gasteiger partial charge >= 0.3 is 12.0 Å². The number of amides is 2. The van der Waals surface area contributed by atoms with E-state index in [0.717, 1.165) is 44.0 Å². The smallest absolute Gasteiger partial charge is 0.328 e. The lowest BCUT2D eigenvalue weighted by molar-refractivity contribution is -0.143. The normalized spacial score (nSPS) is 15.4. The molecular weight excluding hydrogens is 450 g/mol. The van der Waals surface area contributed by atoms with Crippen LogP contribution < -0.4 is 5.32 Å². The summed E-state index contributed by atoms with van der Waals surface area (Å²) in [6.45, 7) is 8.42. The molecule has 2 aromatic carbocycles. The van der Waals surface area contributed by atoms with Crippen LogP contribution in [0.3, 0.4) is 0 Å². The van der Waals surface area contributed by atoms with Crippen LogP contribution >= 0.6 is 0 Å². The third-order valence-corrected chi connectivity index (χ3v) is 6.97. The monoisotopic (exact) mass is 493 g/mol. The number of methoxy groups -OCH3 is 1. The zero-order chi connectivity index (χ0) is 25.8. The van der Waals surface area contributed by atoms with E-state index in [0.29, 0.717) is 19.5 Å². The highest BCUT2D eigenvalue weighted by Gasteiger charge is 2.26. The molecule has 2 aromatic rings. The van der Waals surface area contributed by atoms with E-state index in [2.05, 4.69) is 40.5 Å². The molecular formula is C30H43N3O3. The molecule has 1 aliphatic heterocycles. The number of piperidine rings is 1. The van der Waals surface area contributed by atoms with Crippen molar-refractivity contribution >= 4 is 12.0 Å². The van der Waals surface area contributed by atoms with Gasteiger partial charge in [-0.05, 0) is 74.7 Å². The second kappa shape index (κ2) is 14.6. The van der Waals surface area contributed by atoms with E-state index in [-0.39, 0.29) is 11.9 Å². The van der Waals surface area contributed by atoms with Crippen LogP contribution in [0.2, 0.25) is 0 Å². The molecule has 0 bridgehead atoms. The van der Waals surface area contributed by atoms with Crippen molar-refractivity contribution in [2.24, 2.45) is 11.8 Å². The summed E-state index contributed by atoms with van der Waals surface area (Å²) in [6, 6.07) is 19.9. The molecule has 2 amide bonds. The van der Waals surface area contributed by atoms with Crippen molar-refractivity contribution < 1.29 is 14.3 Å². The Labute approximate surface area is 217 Å². The Balaban J connectivity index is 1.51. The molecule has 0 radical (unpaired) electrons. The van der Waals surface area contributed by atoms with E-state index in [1.807, 2.05) is 49.1 Å². The minimum absolute atomic E-state index is 0.212. The first kappa shape index (κ1) is 27.7. The lowest BCUT2D eigenvalue weighted by Crippen LogP contribution is -2.49. The van der Waals surface area contributed by atoms with Gasteiger partial charge < -0.3 is 19.9 Å². The van der Waals surface area contributed by atoms with Gasteiger partial charge in [0.2, 0.25) is 0 Å². The van der Waals surface area contributed by atoms with Crippen molar-refractivity contribution in [3.63, 3.8) is 0 Å². The zero-order valence-corrected chi connectivity index (χ0v) is 22.2. The number of carbonyl (C=O) groups excluding carboxylic acids is 2. The van der Waals surface area contributed by atoms with Gasteiger partial charge in [-0.1, -0.05) is 74.5 Å². The fourth-order valence-electron chi connectivity index (χ4n) is 4.97. The van der Waals surface area contributed by atoms with Crippen LogP contribution in [0.15, 0.2) is 60.7 Å². The molecule has 6 nitrogen and oxygen atoms in total. The van der Waals surface area contributed by atoms with Crippen LogP contribution in [0.1, 0.15) is 50.7 Å². The molecule has 0 saturated carbocycles. The first-order chi connectivity index (χ1) is 17.4. The van der Waals surface area contributed by atoms with Gasteiger partial charge in [0, 0.05) is 13.1 Å². The molecule has 6 heteroatoms. The van der Waals surface area contributed by atoms with Crippen LogP contribution in [-0.4, -0.2) is 61.1 Å². The summed E-state index contributed by atoms with van der Waals surface area (Å²) >= 11 is 0. The van der Waals surface area contributed by atoms with Gasteiger partial charge in [0.05, 0.1) is 7.11 Å². The van der Waals surface area contributed by atoms with Gasteiger partial charge in [-0.2, -0.15) is 0 Å². The number of rotatable bonds is 12. The summed E-state index contributed by atoms with van der Waals surface area (Å²) in [5.41, 5.74) is 2.51. The van der Waals surface area contributed by atoms with Crippen molar-refractivity contribution in [1.29, 1.82) is 0 Å². The van der Waals surface area contributed by atoms with Gasteiger partial charge in [0.25, 0.3) is 0 Å². The maximum Gasteiger partial charge on any atom is 0.328 e. The molecule has 0 aliphatic carbocycles. The predicted molar refractivity (Wildman–Crippen MR) is 145 cm³/mol. The summed E-state index contributed by atoms with van der Waals surface area (Å²) in [4.78, 5) is 29.9. The highest BCUT2D eigenvalue weighted by molar-refractivity contribution is 5.83. The number of hydrogen-bond donors (Lipinski definition) is 1. The van der Waals surface area contributed by atoms with Crippen LogP contribution in [0, 0.1) is 11.8 Å². The van der Waals surface area contributed by atoms with Crippen molar-refractivity contribution in [2.45, 2.75) is 58.5 Å². The SMILES string of the molecule is COC(=O)[C@H](CC(C)C)NC(=O)N(CCCN1CCC(Cc2ccccc2)CC1)Cc1ccccc1. The number of esters is 1. The van der Waals surface area contributed by atoms with E-state index < -0.39 is 12.0 Å². The zero-order valence-electron chi connectivity index (χ0n) is 22.2. The summed E-state index contributed by atoms with van der Waals surface area (Å²) in [6.07, 6.45) is 5.06. The average Bonchev–Trinajstić information content (AvgIpc) is 2.89. The Morgan fingerprint density at radius 1 is 1.00 bits per heavy atom. The molecule has 0 unspecified atom stereocenters. The van der Waals surface area contributed by atoms with E-state index in [4.69, 9.17) is 4.74 Å². The average molecular weight is 494 g/mol. The molecule has 36 heavy (non-hydrogen) atoms. The Hall–Kier alpha value is -2.86. The van der Waals surface area contributed by atoms with Crippen molar-refractivity contribution in [3.05, 3.63) is 71.8 Å². The molecule has 1 N–H and O–H groups in total. The Morgan fingerprint density at radius 2 is 1.61 bits per heavy atom. The molecule has 3 rings (SSSR count). The number of urea groups is 1. The molecule has 0 spiro atoms. The van der Waals surface area contributed by atoms with Gasteiger partial charge in [0.15, 0.2) is 0 Å². The van der Waals surface area contributed by atoms with E-state index in [1.165, 1.54) is 25.5 Å². The van der Waals surface area contributed by atoms with E-state index in [1.54, 1.807) is 0 Å². The molecule has 1 saturated heterocycles. The first-order valence-corrected chi connectivity index (χ1v) is 13.4. The third kappa shape index (κ3) is 9.30. The fraction of sp³-hybridized carbons (Fsp3) is 0.533. The number of hydrogen-bond acceptors (Lipinski definition) is 4. The quantitative estimate of drug-likeness (QED) is 0.417. The Bertz CT molecular complexity index is 912. The summed E-state index contributed by atoms with van der Waals surface area (Å²) in [5, 5.41) is 2.94. The maximum absolute atomic E-state index is 13.3. The van der Waals surface area contributed by atoms with Gasteiger partial charge in [0.1, 0.15) is 6.04 Å². The van der Waals surface area contributed by atoms with Crippen molar-refractivity contribution in [3.8, 4) is 0 Å². The first-order valence-electron chi connectivity index (χ1n) is 13.4. The fourth-order valence-corrected chi connectivity index (χ4v) is 4.97. The molecule has 0 aromatic heterocycles. The number of nitrogens with zero attached hydrogens (tertiary/aromatic N) is 2.